The number of hydrogen-bond acceptors (Lipinski definition) is 1. The number of rotatable bonds is 1. The van der Waals surface area contributed by atoms with Gasteiger partial charge in [0.05, 0.1) is 0 Å². The van der Waals surface area contributed by atoms with Crippen LogP contribution in [0.4, 0.5) is 0 Å². The third-order valence-electron chi connectivity index (χ3n) is 4.09. The van der Waals surface area contributed by atoms with Gasteiger partial charge in [-0.1, -0.05) is 23.3 Å². The first-order valence-electron chi connectivity index (χ1n) is 6.85. The molecule has 2 aliphatic carbocycles. The van der Waals surface area contributed by atoms with Crippen molar-refractivity contribution in [1.82, 2.24) is 0 Å². The minimum atomic E-state index is 0.479. The summed E-state index contributed by atoms with van der Waals surface area (Å²) in [7, 11) is 0. The summed E-state index contributed by atoms with van der Waals surface area (Å²) >= 11 is 0. The molecule has 1 saturated carbocycles. The second-order valence-electron chi connectivity index (χ2n) is 5.59. The highest BCUT2D eigenvalue weighted by Gasteiger charge is 2.17. The molecule has 0 bridgehead atoms. The molecule has 90 valence electrons. The first-order valence-corrected chi connectivity index (χ1v) is 6.85. The van der Waals surface area contributed by atoms with Crippen LogP contribution in [0.1, 0.15) is 58.3 Å². The Morgan fingerprint density at radius 3 is 2.62 bits per heavy atom. The van der Waals surface area contributed by atoms with Crippen molar-refractivity contribution in [3.05, 3.63) is 23.3 Å². The fourth-order valence-electron chi connectivity index (χ4n) is 2.90. The maximum atomic E-state index is 5.94. The van der Waals surface area contributed by atoms with Gasteiger partial charge in [-0.05, 0) is 64.2 Å². The van der Waals surface area contributed by atoms with Crippen molar-refractivity contribution in [2.45, 2.75) is 64.3 Å². The molecular weight excluding hydrogens is 194 g/mol. The highest BCUT2D eigenvalue weighted by molar-refractivity contribution is 5.13. The molecule has 0 saturated heterocycles. The molecule has 0 spiro atoms. The van der Waals surface area contributed by atoms with E-state index < -0.39 is 0 Å². The second kappa shape index (κ2) is 5.67. The smallest absolute Gasteiger partial charge is 0.00392 e. The SMILES string of the molecule is CC1=CCC/C(=C\[C@H]2CC[C@H](N)CC2)CC1. The van der Waals surface area contributed by atoms with E-state index in [0.717, 1.165) is 5.92 Å². The summed E-state index contributed by atoms with van der Waals surface area (Å²) < 4.78 is 0. The van der Waals surface area contributed by atoms with Gasteiger partial charge in [0, 0.05) is 6.04 Å². The van der Waals surface area contributed by atoms with Crippen LogP contribution in [-0.4, -0.2) is 6.04 Å². The van der Waals surface area contributed by atoms with Gasteiger partial charge in [0.25, 0.3) is 0 Å². The van der Waals surface area contributed by atoms with Gasteiger partial charge in [0.2, 0.25) is 0 Å². The van der Waals surface area contributed by atoms with Crippen LogP contribution in [0.15, 0.2) is 23.3 Å². The van der Waals surface area contributed by atoms with Gasteiger partial charge in [-0.2, -0.15) is 0 Å². The van der Waals surface area contributed by atoms with E-state index in [1.807, 2.05) is 0 Å². The Morgan fingerprint density at radius 2 is 1.88 bits per heavy atom. The zero-order chi connectivity index (χ0) is 11.4. The molecule has 1 heteroatoms. The van der Waals surface area contributed by atoms with E-state index in [1.54, 1.807) is 11.1 Å². The first kappa shape index (κ1) is 11.9. The molecule has 0 aromatic carbocycles. The molecule has 16 heavy (non-hydrogen) atoms. The molecule has 0 aromatic heterocycles. The Morgan fingerprint density at radius 1 is 1.12 bits per heavy atom. The van der Waals surface area contributed by atoms with E-state index in [0.29, 0.717) is 6.04 Å². The zero-order valence-corrected chi connectivity index (χ0v) is 10.5. The van der Waals surface area contributed by atoms with Crippen LogP contribution in [-0.2, 0) is 0 Å². The van der Waals surface area contributed by atoms with Crippen molar-refractivity contribution in [1.29, 1.82) is 0 Å². The lowest BCUT2D eigenvalue weighted by atomic mass is 9.84. The minimum absolute atomic E-state index is 0.479. The molecule has 1 nitrogen and oxygen atoms in total. The normalized spacial score (nSPS) is 34.6. The van der Waals surface area contributed by atoms with Crippen molar-refractivity contribution in [3.63, 3.8) is 0 Å². The van der Waals surface area contributed by atoms with Crippen LogP contribution < -0.4 is 5.73 Å². The van der Waals surface area contributed by atoms with Crippen molar-refractivity contribution in [2.75, 3.05) is 0 Å². The van der Waals surface area contributed by atoms with Crippen LogP contribution in [0.3, 0.4) is 0 Å². The fourth-order valence-corrected chi connectivity index (χ4v) is 2.90. The Bertz CT molecular complexity index is 280. The molecule has 0 amide bonds. The molecular formula is C15H25N. The number of allylic oxidation sites excluding steroid dienone is 4. The van der Waals surface area contributed by atoms with Gasteiger partial charge in [0.15, 0.2) is 0 Å². The van der Waals surface area contributed by atoms with Gasteiger partial charge >= 0.3 is 0 Å². The lowest BCUT2D eigenvalue weighted by molar-refractivity contribution is 0.373. The maximum absolute atomic E-state index is 5.94. The lowest BCUT2D eigenvalue weighted by Gasteiger charge is -2.24. The average Bonchev–Trinajstić information content (AvgIpc) is 2.47. The van der Waals surface area contributed by atoms with E-state index in [1.165, 1.54) is 51.4 Å². The molecule has 0 heterocycles. The Balaban J connectivity index is 1.87. The summed E-state index contributed by atoms with van der Waals surface area (Å²) in [6, 6.07) is 0.479. The summed E-state index contributed by atoms with van der Waals surface area (Å²) in [6.45, 7) is 2.27. The Hall–Kier alpha value is -0.560. The Labute approximate surface area is 99.8 Å². The molecule has 0 aromatic rings. The second-order valence-corrected chi connectivity index (χ2v) is 5.59. The van der Waals surface area contributed by atoms with Crippen LogP contribution in [0, 0.1) is 5.92 Å². The predicted octanol–water partition coefficient (Wildman–Crippen LogP) is 3.95. The topological polar surface area (TPSA) is 26.0 Å². The third kappa shape index (κ3) is 3.48. The zero-order valence-electron chi connectivity index (χ0n) is 10.5. The summed E-state index contributed by atoms with van der Waals surface area (Å²) in [5, 5.41) is 0. The van der Waals surface area contributed by atoms with Gasteiger partial charge in [-0.3, -0.25) is 0 Å². The van der Waals surface area contributed by atoms with Crippen LogP contribution >= 0.6 is 0 Å². The van der Waals surface area contributed by atoms with E-state index in [9.17, 15) is 0 Å². The predicted molar refractivity (Wildman–Crippen MR) is 70.2 cm³/mol. The third-order valence-corrected chi connectivity index (χ3v) is 4.09. The van der Waals surface area contributed by atoms with Crippen molar-refractivity contribution in [2.24, 2.45) is 11.7 Å². The van der Waals surface area contributed by atoms with Crippen LogP contribution in [0.5, 0.6) is 0 Å². The van der Waals surface area contributed by atoms with Gasteiger partial charge in [-0.25, -0.2) is 0 Å². The molecule has 0 radical (unpaired) electrons. The number of hydrogen-bond donors (Lipinski definition) is 1. The Kier molecular flexibility index (Phi) is 4.22. The summed E-state index contributed by atoms with van der Waals surface area (Å²) in [4.78, 5) is 0. The van der Waals surface area contributed by atoms with E-state index in [4.69, 9.17) is 5.73 Å². The molecule has 2 aliphatic rings. The van der Waals surface area contributed by atoms with E-state index in [-0.39, 0.29) is 0 Å². The van der Waals surface area contributed by atoms with Gasteiger partial charge < -0.3 is 5.73 Å². The molecule has 0 atom stereocenters. The van der Waals surface area contributed by atoms with Crippen molar-refractivity contribution >= 4 is 0 Å². The highest BCUT2D eigenvalue weighted by atomic mass is 14.6. The van der Waals surface area contributed by atoms with Crippen LogP contribution in [0.25, 0.3) is 0 Å². The largest absolute Gasteiger partial charge is 0.328 e. The molecule has 1 fully saturated rings. The summed E-state index contributed by atoms with van der Waals surface area (Å²) in [6.07, 6.45) is 15.2. The van der Waals surface area contributed by atoms with Crippen molar-refractivity contribution < 1.29 is 0 Å². The summed E-state index contributed by atoms with van der Waals surface area (Å²) in [5.41, 5.74) is 9.22. The van der Waals surface area contributed by atoms with E-state index >= 15 is 0 Å². The fraction of sp³-hybridized carbons (Fsp3) is 0.733. The molecule has 0 unspecified atom stereocenters. The average molecular weight is 219 g/mol. The molecule has 0 aliphatic heterocycles. The van der Waals surface area contributed by atoms with Crippen LogP contribution in [0.2, 0.25) is 0 Å². The monoisotopic (exact) mass is 219 g/mol. The first-order chi connectivity index (χ1) is 7.74. The van der Waals surface area contributed by atoms with E-state index in [2.05, 4.69) is 19.1 Å². The lowest BCUT2D eigenvalue weighted by Crippen LogP contribution is -2.25. The quantitative estimate of drug-likeness (QED) is 0.664. The van der Waals surface area contributed by atoms with Gasteiger partial charge in [-0.15, -0.1) is 0 Å². The van der Waals surface area contributed by atoms with Crippen molar-refractivity contribution in [3.8, 4) is 0 Å². The number of nitrogens with two attached hydrogens (primary N) is 1. The maximum Gasteiger partial charge on any atom is 0.00392 e. The highest BCUT2D eigenvalue weighted by Crippen LogP contribution is 2.29. The van der Waals surface area contributed by atoms with Gasteiger partial charge in [0.1, 0.15) is 0 Å². The minimum Gasteiger partial charge on any atom is -0.328 e. The molecule has 2 N–H and O–H groups in total. The standard InChI is InChI=1S/C15H25N/c1-12-3-2-4-13(6-5-12)11-14-7-9-15(16)10-8-14/h3,11,14-15H,2,4-10,16H2,1H3/b13-11+/t14-,15-. The summed E-state index contributed by atoms with van der Waals surface area (Å²) in [5.74, 6) is 0.827. The molecule has 2 rings (SSSR count).